The highest BCUT2D eigenvalue weighted by molar-refractivity contribution is 7.13. The Morgan fingerprint density at radius 3 is 2.42 bits per heavy atom. The molecule has 14 heteroatoms. The first kappa shape index (κ1) is 43.3. The van der Waals surface area contributed by atoms with Gasteiger partial charge >= 0.3 is 5.69 Å². The number of nitrogens with one attached hydrogen (secondary N) is 4. The maximum absolute atomic E-state index is 13.5. The lowest BCUT2D eigenvalue weighted by Gasteiger charge is -2.35. The molecule has 4 amide bonds. The lowest BCUT2D eigenvalue weighted by Crippen LogP contribution is -2.51. The van der Waals surface area contributed by atoms with Crippen molar-refractivity contribution in [1.82, 2.24) is 34.9 Å². The molecule has 4 saturated heterocycles. The van der Waals surface area contributed by atoms with Crippen LogP contribution in [0.5, 0.6) is 0 Å². The van der Waals surface area contributed by atoms with E-state index in [-0.39, 0.29) is 41.8 Å². The normalized spacial score (nSPS) is 19.4. The number of hydrogen-bond donors (Lipinski definition) is 4. The number of aryl methyl sites for hydroxylation is 2. The van der Waals surface area contributed by atoms with Crippen molar-refractivity contribution < 1.29 is 19.2 Å². The summed E-state index contributed by atoms with van der Waals surface area (Å²) in [6.45, 7) is 9.24. The van der Waals surface area contributed by atoms with E-state index in [1.54, 1.807) is 23.0 Å². The number of nitrogens with zero attached hydrogens (tertiary/aromatic N) is 4. The van der Waals surface area contributed by atoms with Gasteiger partial charge in [0.25, 0.3) is 5.91 Å². The van der Waals surface area contributed by atoms with Gasteiger partial charge in [-0.1, -0.05) is 36.1 Å². The van der Waals surface area contributed by atoms with Crippen LogP contribution in [0.15, 0.2) is 76.9 Å². The van der Waals surface area contributed by atoms with Gasteiger partial charge in [-0.25, -0.2) is 4.79 Å². The Labute approximate surface area is 377 Å². The quantitative estimate of drug-likeness (QED) is 0.103. The third-order valence-electron chi connectivity index (χ3n) is 13.6. The number of hydrogen-bond acceptors (Lipinski definition) is 9. The Bertz CT molecular complexity index is 2710. The third-order valence-corrected chi connectivity index (χ3v) is 14.5. The van der Waals surface area contributed by atoms with Crippen molar-refractivity contribution in [3.8, 4) is 22.3 Å². The zero-order valence-corrected chi connectivity index (χ0v) is 37.6. The van der Waals surface area contributed by atoms with E-state index in [1.807, 2.05) is 49.1 Å². The third kappa shape index (κ3) is 9.16. The first-order chi connectivity index (χ1) is 31.0. The van der Waals surface area contributed by atoms with Gasteiger partial charge in [0.05, 0.1) is 29.7 Å². The number of anilines is 1. The molecule has 0 bridgehead atoms. The fourth-order valence-electron chi connectivity index (χ4n) is 9.55. The average Bonchev–Trinajstić information content (AvgIpc) is 3.91. The van der Waals surface area contributed by atoms with Crippen LogP contribution in [0.25, 0.3) is 21.5 Å². The second kappa shape index (κ2) is 18.6. The molecule has 4 fully saturated rings. The van der Waals surface area contributed by atoms with Gasteiger partial charge in [0.15, 0.2) is 0 Å². The van der Waals surface area contributed by atoms with Gasteiger partial charge in [-0.3, -0.25) is 38.5 Å². The number of fused-ring (bicyclic) bond motifs is 1. The molecule has 2 atom stereocenters. The second-order valence-corrected chi connectivity index (χ2v) is 18.9. The van der Waals surface area contributed by atoms with E-state index in [1.165, 1.54) is 4.57 Å². The summed E-state index contributed by atoms with van der Waals surface area (Å²) in [7, 11) is 1.72. The highest BCUT2D eigenvalue weighted by Crippen LogP contribution is 2.33. The molecule has 5 aromatic rings. The largest absolute Gasteiger partial charge is 0.380 e. The predicted octanol–water partition coefficient (Wildman–Crippen LogP) is 5.70. The number of thiophene rings is 1. The number of imidazole rings is 1. The van der Waals surface area contributed by atoms with Crippen molar-refractivity contribution in [2.45, 2.75) is 76.4 Å². The molecule has 2 aromatic heterocycles. The first-order valence-corrected chi connectivity index (χ1v) is 23.5. The lowest BCUT2D eigenvalue weighted by atomic mass is 9.89. The van der Waals surface area contributed by atoms with Crippen LogP contribution in [0.3, 0.4) is 0 Å². The van der Waals surface area contributed by atoms with Crippen molar-refractivity contribution in [3.05, 3.63) is 110 Å². The van der Waals surface area contributed by atoms with E-state index < -0.39 is 11.9 Å². The number of carbonyl (C=O) groups excluding carboxylic acids is 4. The Kier molecular flexibility index (Phi) is 12.6. The fraction of sp³-hybridized carbons (Fsp3) is 0.420. The van der Waals surface area contributed by atoms with E-state index in [0.717, 1.165) is 95.8 Å². The molecule has 0 radical (unpaired) electrons. The molecule has 3 aromatic carbocycles. The Balaban J connectivity index is 0.777. The van der Waals surface area contributed by atoms with Crippen LogP contribution < -0.4 is 27.0 Å². The van der Waals surface area contributed by atoms with Crippen LogP contribution in [0.4, 0.5) is 5.69 Å². The summed E-state index contributed by atoms with van der Waals surface area (Å²) in [6, 6.07) is 21.9. The van der Waals surface area contributed by atoms with Crippen molar-refractivity contribution in [2.24, 2.45) is 13.0 Å². The Hall–Kier alpha value is -6.01. The Morgan fingerprint density at radius 1 is 0.906 bits per heavy atom. The number of piperidine rings is 3. The first-order valence-electron chi connectivity index (χ1n) is 22.6. The summed E-state index contributed by atoms with van der Waals surface area (Å²) in [5.74, 6) is 6.88. The number of rotatable bonds is 10. The highest BCUT2D eigenvalue weighted by Gasteiger charge is 2.32. The van der Waals surface area contributed by atoms with E-state index in [2.05, 4.69) is 79.8 Å². The minimum Gasteiger partial charge on any atom is -0.380 e. The van der Waals surface area contributed by atoms with Crippen molar-refractivity contribution in [1.29, 1.82) is 0 Å². The Morgan fingerprint density at radius 2 is 1.70 bits per heavy atom. The summed E-state index contributed by atoms with van der Waals surface area (Å²) in [5, 5.41) is 14.4. The molecule has 4 aliphatic heterocycles. The molecule has 4 aliphatic rings. The summed E-state index contributed by atoms with van der Waals surface area (Å²) in [4.78, 5) is 70.1. The molecule has 0 aliphatic carbocycles. The molecule has 0 saturated carbocycles. The maximum Gasteiger partial charge on any atom is 0.329 e. The van der Waals surface area contributed by atoms with E-state index in [0.29, 0.717) is 49.1 Å². The average molecular weight is 881 g/mol. The van der Waals surface area contributed by atoms with Gasteiger partial charge in [-0.15, -0.1) is 11.3 Å². The van der Waals surface area contributed by atoms with Crippen molar-refractivity contribution in [3.63, 3.8) is 0 Å². The van der Waals surface area contributed by atoms with Crippen molar-refractivity contribution in [2.75, 3.05) is 51.1 Å². The van der Waals surface area contributed by atoms with Gasteiger partial charge in [0, 0.05) is 72.8 Å². The van der Waals surface area contributed by atoms with Crippen LogP contribution in [0, 0.1) is 24.7 Å². The van der Waals surface area contributed by atoms with Crippen molar-refractivity contribution >= 4 is 51.7 Å². The summed E-state index contributed by atoms with van der Waals surface area (Å²) in [5.41, 5.74) is 7.94. The standard InChI is InChI=1S/C50H56N8O5S/c1-31-6-12-38(53-39-28-51-29-39)27-40(31)48(61)52-32(2)36-10-9-35(41(25-36)45-5-4-24-64-45)8-7-33-16-22-57(23-17-33)47(60)30-56-20-18-34(19-21-56)37-11-13-42-44(26-37)55(3)50(63)58(42)43-14-15-46(59)54-49(43)62/h4-6,9-13,24-27,32-34,39,43,51,53H,14-23,28-30H2,1-3H3,(H,52,61)(H,54,59,62). The molecule has 13 nitrogen and oxygen atoms in total. The summed E-state index contributed by atoms with van der Waals surface area (Å²) in [6.07, 6.45) is 3.99. The summed E-state index contributed by atoms with van der Waals surface area (Å²) < 4.78 is 3.11. The topological polar surface area (TPSA) is 150 Å². The van der Waals surface area contributed by atoms with Gasteiger partial charge < -0.3 is 20.9 Å². The van der Waals surface area contributed by atoms with Crippen LogP contribution in [-0.2, 0) is 21.4 Å². The molecule has 64 heavy (non-hydrogen) atoms. The predicted molar refractivity (Wildman–Crippen MR) is 250 cm³/mol. The summed E-state index contributed by atoms with van der Waals surface area (Å²) >= 11 is 1.67. The SMILES string of the molecule is Cc1ccc(NC2CNC2)cc1C(=O)NC(C)c1ccc(C#CC2CCN(C(=O)CN3CCC(c4ccc5c(c4)n(C)c(=O)n5C4CCC(=O)NC4=O)CC3)CC2)c(-c2cccs2)c1. The molecule has 332 valence electrons. The van der Waals surface area contributed by atoms with E-state index >= 15 is 0 Å². The molecule has 6 heterocycles. The van der Waals surface area contributed by atoms with Crippen LogP contribution in [0.1, 0.15) is 96.1 Å². The molecule has 2 unspecified atom stereocenters. The zero-order chi connectivity index (χ0) is 44.5. The molecule has 0 spiro atoms. The monoisotopic (exact) mass is 880 g/mol. The van der Waals surface area contributed by atoms with Gasteiger partial charge in [0.2, 0.25) is 17.7 Å². The number of likely N-dealkylation sites (tertiary alicyclic amines) is 2. The van der Waals surface area contributed by atoms with Gasteiger partial charge in [-0.05, 0) is 129 Å². The van der Waals surface area contributed by atoms with Gasteiger partial charge in [-0.2, -0.15) is 0 Å². The van der Waals surface area contributed by atoms with Crippen LogP contribution in [-0.4, -0.2) is 94.4 Å². The molecular formula is C50H56N8O5S. The zero-order valence-electron chi connectivity index (χ0n) is 36.7. The molecule has 4 N–H and O–H groups in total. The van der Waals surface area contributed by atoms with E-state index in [9.17, 15) is 24.0 Å². The number of carbonyl (C=O) groups is 4. The van der Waals surface area contributed by atoms with E-state index in [4.69, 9.17) is 0 Å². The lowest BCUT2D eigenvalue weighted by molar-refractivity contribution is -0.136. The maximum atomic E-state index is 13.5. The minimum absolute atomic E-state index is 0.0974. The smallest absolute Gasteiger partial charge is 0.329 e. The number of benzene rings is 3. The van der Waals surface area contributed by atoms with Crippen LogP contribution >= 0.6 is 11.3 Å². The highest BCUT2D eigenvalue weighted by atomic mass is 32.1. The molecule has 9 rings (SSSR count). The number of aromatic nitrogens is 2. The number of amides is 4. The fourth-order valence-corrected chi connectivity index (χ4v) is 10.3. The minimum atomic E-state index is -0.706. The number of imide groups is 1. The van der Waals surface area contributed by atoms with Crippen LogP contribution in [0.2, 0.25) is 0 Å². The molecular weight excluding hydrogens is 825 g/mol. The second-order valence-electron chi connectivity index (χ2n) is 17.9. The van der Waals surface area contributed by atoms with Gasteiger partial charge in [0.1, 0.15) is 6.04 Å².